The fourth-order valence-corrected chi connectivity index (χ4v) is 6.79. The largest absolute Gasteiger partial charge is 0.463 e. The quantitative estimate of drug-likeness (QED) is 0.0565. The number of esters is 4. The molecular formula is C39H43ClN6O11. The Hall–Kier alpha value is -5.83. The number of aromatic nitrogens is 5. The van der Waals surface area contributed by atoms with Crippen LogP contribution in [0.5, 0.6) is 0 Å². The van der Waals surface area contributed by atoms with Crippen LogP contribution in [0.4, 0.5) is 5.82 Å². The summed E-state index contributed by atoms with van der Waals surface area (Å²) in [5, 5.41) is 2.72. The van der Waals surface area contributed by atoms with Gasteiger partial charge < -0.3 is 38.3 Å². The molecule has 0 amide bonds. The molecule has 1 saturated heterocycles. The van der Waals surface area contributed by atoms with E-state index in [4.69, 9.17) is 46.4 Å². The van der Waals surface area contributed by atoms with Crippen LogP contribution in [0.25, 0.3) is 22.3 Å². The molecule has 1 aliphatic rings. The van der Waals surface area contributed by atoms with E-state index in [0.717, 1.165) is 20.3 Å². The van der Waals surface area contributed by atoms with E-state index in [1.165, 1.54) is 10.9 Å². The monoisotopic (exact) mass is 806 g/mol. The molecule has 5 rings (SSSR count). The Kier molecular flexibility index (Phi) is 13.3. The molecule has 0 bridgehead atoms. The standard InChI is InChI=1S/C39H43ClN6O11/c1-8-18-45-19-12-13-27(33(45)49)26-16-14-25(15-17-26)20-39(35(50)52-10-3,36(51)53-11-4)54-21-28-38(9-2,57-24(6)48)30(55-23(5)47)34(56-28)46-22-42-29-31(41-7)43-37(40)44-32(29)46/h2,12-17,19,22,28,30,34H,8,10-11,18,20-21H2,1,3-7H3,(H,41,43,44)/t28-,30+,34-,38-/m1/s1. The molecule has 3 aromatic heterocycles. The lowest BCUT2D eigenvalue weighted by Crippen LogP contribution is -2.57. The highest BCUT2D eigenvalue weighted by molar-refractivity contribution is 6.28. The highest BCUT2D eigenvalue weighted by atomic mass is 35.5. The second-order valence-electron chi connectivity index (χ2n) is 12.9. The molecule has 17 nitrogen and oxygen atoms in total. The predicted octanol–water partition coefficient (Wildman–Crippen LogP) is 3.65. The van der Waals surface area contributed by atoms with Gasteiger partial charge in [-0.3, -0.25) is 19.0 Å². The van der Waals surface area contributed by atoms with Crippen molar-refractivity contribution in [3.05, 3.63) is 70.1 Å². The molecule has 302 valence electrons. The average Bonchev–Trinajstić information content (AvgIpc) is 3.72. The van der Waals surface area contributed by atoms with E-state index >= 15 is 0 Å². The Morgan fingerprint density at radius 3 is 2.30 bits per heavy atom. The number of nitrogens with one attached hydrogen (secondary N) is 1. The maximum Gasteiger partial charge on any atom is 0.350 e. The lowest BCUT2D eigenvalue weighted by atomic mass is 9.90. The molecule has 0 aliphatic carbocycles. The van der Waals surface area contributed by atoms with Gasteiger partial charge in [-0.15, -0.1) is 6.42 Å². The van der Waals surface area contributed by atoms with Gasteiger partial charge in [-0.05, 0) is 55.1 Å². The normalized spacial score (nSPS) is 19.1. The smallest absolute Gasteiger partial charge is 0.350 e. The summed E-state index contributed by atoms with van der Waals surface area (Å²) in [6.45, 7) is 6.86. The van der Waals surface area contributed by atoms with Crippen LogP contribution in [-0.4, -0.2) is 98.2 Å². The second-order valence-corrected chi connectivity index (χ2v) is 13.2. The van der Waals surface area contributed by atoms with Crippen molar-refractivity contribution in [3.63, 3.8) is 0 Å². The van der Waals surface area contributed by atoms with Gasteiger partial charge in [0.1, 0.15) is 6.10 Å². The number of halogens is 1. The number of pyridine rings is 1. The molecule has 0 unspecified atom stereocenters. The third kappa shape index (κ3) is 8.48. The van der Waals surface area contributed by atoms with E-state index in [-0.39, 0.29) is 41.0 Å². The van der Waals surface area contributed by atoms with Gasteiger partial charge in [0, 0.05) is 45.6 Å². The first kappa shape index (κ1) is 42.3. The van der Waals surface area contributed by atoms with E-state index in [2.05, 4.69) is 26.2 Å². The first-order valence-electron chi connectivity index (χ1n) is 18.1. The predicted molar refractivity (Wildman–Crippen MR) is 205 cm³/mol. The lowest BCUT2D eigenvalue weighted by Gasteiger charge is -2.35. The van der Waals surface area contributed by atoms with Crippen molar-refractivity contribution in [1.29, 1.82) is 0 Å². The zero-order chi connectivity index (χ0) is 41.5. The van der Waals surface area contributed by atoms with Crippen LogP contribution in [0.15, 0.2) is 53.7 Å². The minimum absolute atomic E-state index is 0.132. The number of terminal acetylenes is 1. The molecule has 1 aliphatic heterocycles. The number of benzene rings is 1. The van der Waals surface area contributed by atoms with E-state index < -0.39 is 66.5 Å². The van der Waals surface area contributed by atoms with Crippen molar-refractivity contribution < 1.29 is 47.6 Å². The number of anilines is 1. The van der Waals surface area contributed by atoms with Gasteiger partial charge in [0.2, 0.25) is 17.0 Å². The molecule has 4 heterocycles. The summed E-state index contributed by atoms with van der Waals surface area (Å²) >= 11 is 6.23. The number of imidazole rings is 1. The summed E-state index contributed by atoms with van der Waals surface area (Å²) in [5.41, 5.74) is -2.95. The molecule has 0 saturated carbocycles. The van der Waals surface area contributed by atoms with Gasteiger partial charge in [0.25, 0.3) is 11.2 Å². The highest BCUT2D eigenvalue weighted by Gasteiger charge is 2.63. The summed E-state index contributed by atoms with van der Waals surface area (Å²) < 4.78 is 37.9. The van der Waals surface area contributed by atoms with Crippen LogP contribution >= 0.6 is 11.6 Å². The molecule has 0 radical (unpaired) electrons. The zero-order valence-electron chi connectivity index (χ0n) is 32.3. The highest BCUT2D eigenvalue weighted by Crippen LogP contribution is 2.44. The summed E-state index contributed by atoms with van der Waals surface area (Å²) in [6, 6.07) is 10.1. The van der Waals surface area contributed by atoms with Crippen molar-refractivity contribution >= 4 is 52.5 Å². The minimum Gasteiger partial charge on any atom is -0.463 e. The minimum atomic E-state index is -2.47. The number of carbonyl (C=O) groups is 4. The van der Waals surface area contributed by atoms with Crippen LogP contribution in [-0.2, 0) is 60.6 Å². The third-order valence-electron chi connectivity index (χ3n) is 9.09. The van der Waals surface area contributed by atoms with E-state index in [9.17, 15) is 24.0 Å². The van der Waals surface area contributed by atoms with Crippen molar-refractivity contribution in [2.75, 3.05) is 32.2 Å². The molecule has 18 heteroatoms. The number of nitrogens with zero attached hydrogens (tertiary/aromatic N) is 5. The maximum atomic E-state index is 14.0. The molecule has 4 aromatic rings. The van der Waals surface area contributed by atoms with Crippen LogP contribution in [0.2, 0.25) is 5.28 Å². The first-order valence-corrected chi connectivity index (χ1v) is 18.5. The Morgan fingerprint density at radius 1 is 1.04 bits per heavy atom. The number of aryl methyl sites for hydroxylation is 1. The maximum absolute atomic E-state index is 14.0. The fourth-order valence-electron chi connectivity index (χ4n) is 6.62. The Balaban J connectivity index is 1.59. The van der Waals surface area contributed by atoms with Crippen molar-refractivity contribution in [3.8, 4) is 23.5 Å². The zero-order valence-corrected chi connectivity index (χ0v) is 33.0. The van der Waals surface area contributed by atoms with E-state index in [0.29, 0.717) is 23.2 Å². The van der Waals surface area contributed by atoms with Crippen LogP contribution < -0.4 is 10.9 Å². The molecule has 1 N–H and O–H groups in total. The molecule has 1 aromatic carbocycles. The number of rotatable bonds is 16. The van der Waals surface area contributed by atoms with Crippen molar-refractivity contribution in [2.24, 2.45) is 0 Å². The summed E-state index contributed by atoms with van der Waals surface area (Å²) in [4.78, 5) is 79.2. The van der Waals surface area contributed by atoms with Gasteiger partial charge >= 0.3 is 23.9 Å². The Bertz CT molecular complexity index is 2220. The van der Waals surface area contributed by atoms with Gasteiger partial charge in [0.15, 0.2) is 23.2 Å². The number of carbonyl (C=O) groups excluding carboxylic acids is 4. The van der Waals surface area contributed by atoms with Crippen molar-refractivity contribution in [2.45, 2.75) is 83.6 Å². The SMILES string of the molecule is C#C[C@@]1(OC(C)=O)[C@@H](COC(Cc2ccc(-c3cccn(CCC)c3=O)cc2)(C(=O)OCC)C(=O)OCC)O[C@@H](n2cnc3c(NC)nc(Cl)nc32)[C@@H]1OC(C)=O. The third-order valence-corrected chi connectivity index (χ3v) is 9.26. The van der Waals surface area contributed by atoms with E-state index in [1.54, 1.807) is 68.1 Å². The van der Waals surface area contributed by atoms with Crippen LogP contribution in [0, 0.1) is 12.3 Å². The number of ether oxygens (including phenoxy) is 6. The Labute approximate surface area is 332 Å². The topological polar surface area (TPSA) is 201 Å². The second kappa shape index (κ2) is 18.0. The summed E-state index contributed by atoms with van der Waals surface area (Å²) in [5.74, 6) is -1.16. The lowest BCUT2D eigenvalue weighted by molar-refractivity contribution is -0.200. The van der Waals surface area contributed by atoms with Crippen molar-refractivity contribution in [1.82, 2.24) is 24.1 Å². The number of fused-ring (bicyclic) bond motifs is 1. The number of hydrogen-bond donors (Lipinski definition) is 1. The van der Waals surface area contributed by atoms with Gasteiger partial charge in [-0.1, -0.05) is 37.1 Å². The number of hydrogen-bond acceptors (Lipinski definition) is 15. The van der Waals surface area contributed by atoms with E-state index in [1.807, 2.05) is 6.92 Å². The summed E-state index contributed by atoms with van der Waals surface area (Å²) in [6.07, 6.45) is 5.04. The Morgan fingerprint density at radius 2 is 1.72 bits per heavy atom. The van der Waals surface area contributed by atoms with Gasteiger partial charge in [-0.2, -0.15) is 9.97 Å². The molecule has 1 fully saturated rings. The molecule has 0 spiro atoms. The summed E-state index contributed by atoms with van der Waals surface area (Å²) in [7, 11) is 1.60. The molecular weight excluding hydrogens is 764 g/mol. The van der Waals surface area contributed by atoms with Gasteiger partial charge in [-0.25, -0.2) is 14.6 Å². The molecule has 4 atom stereocenters. The molecule has 57 heavy (non-hydrogen) atoms. The van der Waals surface area contributed by atoms with Crippen LogP contribution in [0.1, 0.15) is 52.8 Å². The average molecular weight is 807 g/mol. The van der Waals surface area contributed by atoms with Crippen LogP contribution in [0.3, 0.4) is 0 Å². The first-order chi connectivity index (χ1) is 27.3. The van der Waals surface area contributed by atoms with Gasteiger partial charge in [0.05, 0.1) is 26.1 Å². The fraction of sp³-hybridized carbons (Fsp3) is 0.436.